The van der Waals surface area contributed by atoms with Crippen LogP contribution in [-0.4, -0.2) is 51.4 Å². The van der Waals surface area contributed by atoms with Crippen LogP contribution >= 0.6 is 0 Å². The molecule has 2 fully saturated rings. The zero-order valence-electron chi connectivity index (χ0n) is 23.9. The number of nitrogen functional groups attached to an aromatic ring is 1. The first-order valence-electron chi connectivity index (χ1n) is 14.6. The Morgan fingerprint density at radius 2 is 1.64 bits per heavy atom. The molecule has 11 heteroatoms. The summed E-state index contributed by atoms with van der Waals surface area (Å²) in [6.45, 7) is 3.23. The third-order valence-corrected chi connectivity index (χ3v) is 8.40. The standard InChI is InChI=1S/C33H31FN6O4/c34-23-5-1-22(2-6-23)27-14-39(13-20-9-11-43-12-10-20)15-28(30(27)41)33(42)38-24-7-3-21(4-8-24)26-16-40(25-17-44-18-25)32-29(26)31(35)36-19-37-32/h1-8,14-16,19-20,25H,9-13,17-18H2,(H,38,42)(H2,35,36,37). The molecule has 224 valence electrons. The first-order valence-corrected chi connectivity index (χ1v) is 14.6. The summed E-state index contributed by atoms with van der Waals surface area (Å²) in [6, 6.07) is 13.2. The van der Waals surface area contributed by atoms with E-state index in [1.807, 2.05) is 22.9 Å². The molecular weight excluding hydrogens is 563 g/mol. The molecule has 2 aromatic carbocycles. The number of amides is 1. The number of nitrogens with two attached hydrogens (primary N) is 1. The maximum absolute atomic E-state index is 13.7. The number of fused-ring (bicyclic) bond motifs is 1. The van der Waals surface area contributed by atoms with Crippen LogP contribution in [0.4, 0.5) is 15.9 Å². The molecular formula is C33H31FN6O4. The van der Waals surface area contributed by atoms with Crippen LogP contribution in [0.1, 0.15) is 29.2 Å². The zero-order chi connectivity index (χ0) is 30.2. The molecule has 0 aliphatic carbocycles. The molecule has 2 aliphatic rings. The van der Waals surface area contributed by atoms with Crippen LogP contribution in [0.3, 0.4) is 0 Å². The summed E-state index contributed by atoms with van der Waals surface area (Å²) in [5.74, 6) is -0.172. The molecule has 0 unspecified atom stereocenters. The highest BCUT2D eigenvalue weighted by Crippen LogP contribution is 2.36. The number of ether oxygens (including phenoxy) is 2. The second-order valence-electron chi connectivity index (χ2n) is 11.3. The topological polar surface area (TPSA) is 126 Å². The molecule has 0 saturated carbocycles. The lowest BCUT2D eigenvalue weighted by atomic mass is 9.99. The zero-order valence-corrected chi connectivity index (χ0v) is 23.9. The molecule has 7 rings (SSSR count). The molecule has 2 saturated heterocycles. The van der Waals surface area contributed by atoms with Gasteiger partial charge >= 0.3 is 0 Å². The van der Waals surface area contributed by atoms with Gasteiger partial charge in [0.05, 0.1) is 24.6 Å². The molecule has 5 heterocycles. The molecule has 3 N–H and O–H groups in total. The highest BCUT2D eigenvalue weighted by molar-refractivity contribution is 6.05. The van der Waals surface area contributed by atoms with Crippen LogP contribution in [0.25, 0.3) is 33.3 Å². The van der Waals surface area contributed by atoms with Crippen LogP contribution in [0.2, 0.25) is 0 Å². The molecule has 44 heavy (non-hydrogen) atoms. The van der Waals surface area contributed by atoms with Gasteiger partial charge in [0.2, 0.25) is 5.43 Å². The van der Waals surface area contributed by atoms with E-state index >= 15 is 0 Å². The molecule has 3 aromatic heterocycles. The maximum Gasteiger partial charge on any atom is 0.261 e. The minimum absolute atomic E-state index is 0.0127. The Morgan fingerprint density at radius 1 is 0.932 bits per heavy atom. The van der Waals surface area contributed by atoms with Crippen LogP contribution in [-0.2, 0) is 16.0 Å². The number of carbonyl (C=O) groups excluding carboxylic acids is 1. The second-order valence-corrected chi connectivity index (χ2v) is 11.3. The van der Waals surface area contributed by atoms with Crippen molar-refractivity contribution in [3.8, 4) is 22.3 Å². The largest absolute Gasteiger partial charge is 0.383 e. The lowest BCUT2D eigenvalue weighted by molar-refractivity contribution is -0.0215. The van der Waals surface area contributed by atoms with Crippen molar-refractivity contribution < 1.29 is 18.7 Å². The van der Waals surface area contributed by atoms with Crippen molar-refractivity contribution >= 4 is 28.4 Å². The molecule has 1 amide bonds. The normalized spacial score (nSPS) is 15.8. The van der Waals surface area contributed by atoms with Crippen LogP contribution in [0.5, 0.6) is 0 Å². The van der Waals surface area contributed by atoms with Crippen molar-refractivity contribution in [2.45, 2.75) is 25.4 Å². The summed E-state index contributed by atoms with van der Waals surface area (Å²) in [6.07, 6.45) is 8.62. The van der Waals surface area contributed by atoms with E-state index in [2.05, 4.69) is 19.9 Å². The van der Waals surface area contributed by atoms with Gasteiger partial charge in [0, 0.05) is 55.2 Å². The molecule has 10 nitrogen and oxygen atoms in total. The van der Waals surface area contributed by atoms with E-state index in [1.54, 1.807) is 36.7 Å². The minimum Gasteiger partial charge on any atom is -0.383 e. The highest BCUT2D eigenvalue weighted by atomic mass is 19.1. The van der Waals surface area contributed by atoms with Gasteiger partial charge in [0.1, 0.15) is 29.2 Å². The smallest absolute Gasteiger partial charge is 0.261 e. The minimum atomic E-state index is -0.522. The maximum atomic E-state index is 13.7. The predicted octanol–water partition coefficient (Wildman–Crippen LogP) is 4.90. The van der Waals surface area contributed by atoms with E-state index in [4.69, 9.17) is 15.2 Å². The SMILES string of the molecule is Nc1ncnc2c1c(-c1ccc(NC(=O)c3cn(CC4CCOCC4)cc(-c4ccc(F)cc4)c3=O)cc1)cn2C1COC1. The summed E-state index contributed by atoms with van der Waals surface area (Å²) in [5, 5.41) is 3.65. The van der Waals surface area contributed by atoms with E-state index in [1.165, 1.54) is 18.5 Å². The quantitative estimate of drug-likeness (QED) is 0.275. The molecule has 0 bridgehead atoms. The number of carbonyl (C=O) groups is 1. The third-order valence-electron chi connectivity index (χ3n) is 8.40. The fourth-order valence-corrected chi connectivity index (χ4v) is 5.88. The van der Waals surface area contributed by atoms with Gasteiger partial charge in [-0.1, -0.05) is 24.3 Å². The van der Waals surface area contributed by atoms with Crippen molar-refractivity contribution in [1.82, 2.24) is 19.1 Å². The van der Waals surface area contributed by atoms with E-state index in [0.29, 0.717) is 61.5 Å². The Kier molecular flexibility index (Phi) is 7.41. The van der Waals surface area contributed by atoms with Gasteiger partial charge in [-0.2, -0.15) is 0 Å². The van der Waals surface area contributed by atoms with Crippen molar-refractivity contribution in [2.24, 2.45) is 5.92 Å². The van der Waals surface area contributed by atoms with E-state index in [-0.39, 0.29) is 11.6 Å². The summed E-state index contributed by atoms with van der Waals surface area (Å²) in [7, 11) is 0. The number of hydrogen-bond acceptors (Lipinski definition) is 7. The molecule has 0 radical (unpaired) electrons. The van der Waals surface area contributed by atoms with Gasteiger partial charge < -0.3 is 29.7 Å². The van der Waals surface area contributed by atoms with Crippen LogP contribution in [0.15, 0.2) is 78.2 Å². The fourth-order valence-electron chi connectivity index (χ4n) is 5.88. The van der Waals surface area contributed by atoms with E-state index in [0.717, 1.165) is 35.0 Å². The average molecular weight is 595 g/mol. The van der Waals surface area contributed by atoms with Crippen molar-refractivity contribution in [2.75, 3.05) is 37.5 Å². The van der Waals surface area contributed by atoms with E-state index in [9.17, 15) is 14.0 Å². The van der Waals surface area contributed by atoms with E-state index < -0.39 is 17.2 Å². The number of nitrogens with one attached hydrogen (secondary N) is 1. The fraction of sp³-hybridized carbons (Fsp3) is 0.273. The first kappa shape index (κ1) is 27.9. The van der Waals surface area contributed by atoms with Gasteiger partial charge in [-0.3, -0.25) is 9.59 Å². The van der Waals surface area contributed by atoms with Crippen molar-refractivity contribution in [3.63, 3.8) is 0 Å². The Labute approximate surface area is 252 Å². The van der Waals surface area contributed by atoms with Crippen molar-refractivity contribution in [3.05, 3.63) is 95.1 Å². The monoisotopic (exact) mass is 594 g/mol. The average Bonchev–Trinajstić information content (AvgIpc) is 3.38. The first-order chi connectivity index (χ1) is 21.4. The van der Waals surface area contributed by atoms with Gasteiger partial charge in [-0.25, -0.2) is 14.4 Å². The van der Waals surface area contributed by atoms with Crippen molar-refractivity contribution in [1.29, 1.82) is 0 Å². The number of anilines is 2. The Balaban J connectivity index is 1.18. The summed E-state index contributed by atoms with van der Waals surface area (Å²) in [4.78, 5) is 35.8. The van der Waals surface area contributed by atoms with Crippen LogP contribution < -0.4 is 16.5 Å². The van der Waals surface area contributed by atoms with Gasteiger partial charge in [-0.15, -0.1) is 0 Å². The lowest BCUT2D eigenvalue weighted by Gasteiger charge is -2.27. The Morgan fingerprint density at radius 3 is 2.34 bits per heavy atom. The van der Waals surface area contributed by atoms with Gasteiger partial charge in [0.25, 0.3) is 5.91 Å². The van der Waals surface area contributed by atoms with Gasteiger partial charge in [-0.05, 0) is 54.2 Å². The number of hydrogen-bond donors (Lipinski definition) is 2. The number of nitrogens with zero attached hydrogens (tertiary/aromatic N) is 4. The summed E-state index contributed by atoms with van der Waals surface area (Å²) in [5.41, 5.74) is 9.78. The number of pyridine rings is 1. The summed E-state index contributed by atoms with van der Waals surface area (Å²) < 4.78 is 28.5. The molecule has 0 spiro atoms. The van der Waals surface area contributed by atoms with Gasteiger partial charge in [0.15, 0.2) is 0 Å². The number of rotatable bonds is 7. The molecule has 2 aliphatic heterocycles. The predicted molar refractivity (Wildman–Crippen MR) is 165 cm³/mol. The second kappa shape index (κ2) is 11.7. The number of halogens is 1. The third kappa shape index (κ3) is 5.36. The molecule has 0 atom stereocenters. The Hall–Kier alpha value is -4.87. The summed E-state index contributed by atoms with van der Waals surface area (Å²) >= 11 is 0. The Bertz CT molecular complexity index is 1890. The highest BCUT2D eigenvalue weighted by Gasteiger charge is 2.25. The number of aromatic nitrogens is 4. The van der Waals surface area contributed by atoms with Crippen LogP contribution in [0, 0.1) is 11.7 Å². The molecule has 5 aromatic rings. The number of benzene rings is 2. The lowest BCUT2D eigenvalue weighted by Crippen LogP contribution is -2.30.